The number of carbonyl (C=O) groups is 4. The lowest BCUT2D eigenvalue weighted by Crippen LogP contribution is -2.37. The zero-order chi connectivity index (χ0) is 46.9. The van der Waals surface area contributed by atoms with Crippen LogP contribution in [0.25, 0.3) is 23.4 Å². The Morgan fingerprint density at radius 1 is 0.797 bits per heavy atom. The van der Waals surface area contributed by atoms with Gasteiger partial charge in [-0.2, -0.15) is 28.6 Å². The van der Waals surface area contributed by atoms with E-state index in [1.807, 2.05) is 6.08 Å². The first-order valence-corrected chi connectivity index (χ1v) is 23.0. The molecule has 3 heterocycles. The molecule has 0 amide bonds. The molecular weight excluding hydrogens is 952 g/mol. The number of thioether (sulfide) groups is 2. The normalized spacial score (nSPS) is 15.3. The van der Waals surface area contributed by atoms with Crippen LogP contribution in [0.1, 0.15) is 46.7 Å². The van der Waals surface area contributed by atoms with Gasteiger partial charge in [0.15, 0.2) is 11.5 Å². The molecule has 0 aliphatic carbocycles. The molecule has 1 unspecified atom stereocenters. The molecule has 0 spiro atoms. The van der Waals surface area contributed by atoms with Crippen molar-refractivity contribution in [3.8, 4) is 5.69 Å². The van der Waals surface area contributed by atoms with E-state index in [-0.39, 0.29) is 42.1 Å². The average molecular weight is 995 g/mol. The molecule has 19 heteroatoms. The number of benzene rings is 4. The number of carbonyl (C=O) groups excluding carboxylic acids is 4. The number of anilines is 1. The summed E-state index contributed by atoms with van der Waals surface area (Å²) in [6.07, 6.45) is 3.60. The van der Waals surface area contributed by atoms with Crippen LogP contribution >= 0.6 is 69.9 Å². The topological polar surface area (TPSA) is 163 Å². The van der Waals surface area contributed by atoms with E-state index in [0.717, 1.165) is 29.5 Å². The Hall–Kier alpha value is -4.71. The molecule has 11 nitrogen and oxygen atoms in total. The summed E-state index contributed by atoms with van der Waals surface area (Å²) in [5.41, 5.74) is 8.52. The predicted octanol–water partition coefficient (Wildman–Crippen LogP) is 10.4. The highest BCUT2D eigenvalue weighted by molar-refractivity contribution is 7.99. The van der Waals surface area contributed by atoms with E-state index in [4.69, 9.17) is 62.1 Å². The zero-order valence-corrected chi connectivity index (χ0v) is 39.2. The van der Waals surface area contributed by atoms with Crippen LogP contribution in [-0.4, -0.2) is 76.0 Å². The second-order valence-corrected chi connectivity index (χ2v) is 16.8. The number of esters is 2. The van der Waals surface area contributed by atoms with E-state index in [0.29, 0.717) is 59.9 Å². The van der Waals surface area contributed by atoms with Crippen LogP contribution in [0.4, 0.5) is 14.5 Å². The predicted molar refractivity (Wildman–Crippen MR) is 254 cm³/mol. The lowest BCUT2D eigenvalue weighted by atomic mass is 9.94. The number of halogens is 6. The molecule has 0 saturated carbocycles. The van der Waals surface area contributed by atoms with Gasteiger partial charge in [-0.3, -0.25) is 15.4 Å². The van der Waals surface area contributed by atoms with Gasteiger partial charge in [-0.05, 0) is 103 Å². The van der Waals surface area contributed by atoms with Crippen molar-refractivity contribution in [3.05, 3.63) is 150 Å². The lowest BCUT2D eigenvalue weighted by Gasteiger charge is -2.20. The van der Waals surface area contributed by atoms with Crippen molar-refractivity contribution < 1.29 is 42.5 Å². The number of hydrogen-bond donors (Lipinski definition) is 3. The van der Waals surface area contributed by atoms with E-state index in [9.17, 15) is 28.0 Å². The molecule has 1 atom stereocenters. The van der Waals surface area contributed by atoms with Crippen molar-refractivity contribution >= 4 is 117 Å². The molecule has 0 radical (unpaired) electrons. The van der Waals surface area contributed by atoms with E-state index >= 15 is 0 Å². The molecular formula is C45H42Cl4F2N4O7S2. The SMILES string of the molecule is CCOC(=O)C(=O)C1CSC/C(=C\c2ccc(F)cc2)C1=O.CCOC(=O)c1nn(-c2ccc(Cl)cc2Cl)c2c1CSC/C2=C\c1ccc(F)cc1.CO.NNc1ccc(Cl)cc1Cl. The maximum absolute atomic E-state index is 13.3. The minimum Gasteiger partial charge on any atom is -0.461 e. The number of aromatic nitrogens is 2. The fourth-order valence-corrected chi connectivity index (χ4v) is 9.06. The number of nitrogens with one attached hydrogen (secondary N) is 1. The molecule has 1 saturated heterocycles. The van der Waals surface area contributed by atoms with Crippen molar-refractivity contribution in [1.29, 1.82) is 0 Å². The molecule has 0 bridgehead atoms. The van der Waals surface area contributed by atoms with Gasteiger partial charge in [0.1, 0.15) is 17.6 Å². The van der Waals surface area contributed by atoms with Crippen LogP contribution in [0.3, 0.4) is 0 Å². The largest absolute Gasteiger partial charge is 0.461 e. The summed E-state index contributed by atoms with van der Waals surface area (Å²) < 4.78 is 37.8. The number of hydrazine groups is 1. The monoisotopic (exact) mass is 992 g/mol. The first-order valence-electron chi connectivity index (χ1n) is 19.2. The zero-order valence-electron chi connectivity index (χ0n) is 34.5. The van der Waals surface area contributed by atoms with E-state index in [2.05, 4.69) is 15.3 Å². The number of nitrogens with zero attached hydrogens (tertiary/aromatic N) is 2. The smallest absolute Gasteiger partial charge is 0.375 e. The van der Waals surface area contributed by atoms with Gasteiger partial charge < -0.3 is 20.0 Å². The van der Waals surface area contributed by atoms with Crippen molar-refractivity contribution in [2.45, 2.75) is 19.6 Å². The minimum atomic E-state index is -0.996. The van der Waals surface area contributed by atoms with Crippen LogP contribution in [0.5, 0.6) is 0 Å². The number of Topliss-reactive ketones (excluding diaryl/α,β-unsaturated/α-hetero) is 2. The Morgan fingerprint density at radius 3 is 1.89 bits per heavy atom. The maximum Gasteiger partial charge on any atom is 0.375 e. The molecule has 1 aromatic heterocycles. The molecule has 64 heavy (non-hydrogen) atoms. The van der Waals surface area contributed by atoms with Gasteiger partial charge in [0.05, 0.1) is 40.3 Å². The summed E-state index contributed by atoms with van der Waals surface area (Å²) >= 11 is 26.9. The van der Waals surface area contributed by atoms with Gasteiger partial charge in [0, 0.05) is 51.3 Å². The highest BCUT2D eigenvalue weighted by Gasteiger charge is 2.37. The van der Waals surface area contributed by atoms with Gasteiger partial charge in [-0.15, -0.1) is 0 Å². The van der Waals surface area contributed by atoms with Gasteiger partial charge in [0.2, 0.25) is 0 Å². The van der Waals surface area contributed by atoms with Gasteiger partial charge in [-0.25, -0.2) is 23.1 Å². The van der Waals surface area contributed by atoms with Crippen LogP contribution in [0.2, 0.25) is 20.1 Å². The molecule has 1 fully saturated rings. The summed E-state index contributed by atoms with van der Waals surface area (Å²) in [7, 11) is 1.00. The maximum atomic E-state index is 13.3. The fourth-order valence-electron chi connectivity index (χ4n) is 5.99. The standard InChI is InChI=1S/C22H17Cl2FN2O2S.C16H15FO4S.C6H6Cl2N2.CH4O/c1-2-29-22(28)20-17-12-30-11-14(9-13-3-6-16(25)7-4-13)21(17)27(26-20)19-8-5-15(23)10-18(19)24;1-2-21-16(20)15(19)13-9-22-8-11(14(13)18)7-10-3-5-12(17)6-4-10;7-4-1-2-6(10-9)5(8)3-4;1-2/h3-10H,2,11-12H2,1H3;3-7,13H,2,8-9H2,1H3;1-3,10H,9H2;2H,1H3/b14-9+;11-7+;;. The number of aliphatic hydroxyl groups excluding tert-OH is 1. The Morgan fingerprint density at radius 2 is 1.34 bits per heavy atom. The molecule has 4 aromatic carbocycles. The summed E-state index contributed by atoms with van der Waals surface area (Å²) in [6.45, 7) is 3.71. The van der Waals surface area contributed by atoms with Crippen LogP contribution < -0.4 is 11.3 Å². The lowest BCUT2D eigenvalue weighted by molar-refractivity contribution is -0.156. The Labute approximate surface area is 397 Å². The van der Waals surface area contributed by atoms with Crippen molar-refractivity contribution in [1.82, 2.24) is 9.78 Å². The second kappa shape index (κ2) is 25.7. The summed E-state index contributed by atoms with van der Waals surface area (Å²) in [5.74, 6) is 2.94. The number of fused-ring (bicyclic) bond motifs is 1. The number of ether oxygens (including phenoxy) is 2. The van der Waals surface area contributed by atoms with E-state index < -0.39 is 23.6 Å². The summed E-state index contributed by atoms with van der Waals surface area (Å²) in [6, 6.07) is 22.1. The molecule has 7 rings (SSSR count). The van der Waals surface area contributed by atoms with Crippen LogP contribution in [0, 0.1) is 17.6 Å². The van der Waals surface area contributed by atoms with E-state index in [1.165, 1.54) is 36.0 Å². The molecule has 5 aromatic rings. The summed E-state index contributed by atoms with van der Waals surface area (Å²) in [4.78, 5) is 48.4. The second-order valence-electron chi connectivity index (χ2n) is 13.1. The molecule has 4 N–H and O–H groups in total. The third-order valence-corrected chi connectivity index (χ3v) is 12.1. The van der Waals surface area contributed by atoms with Gasteiger partial charge in [0.25, 0.3) is 5.78 Å². The van der Waals surface area contributed by atoms with E-state index in [1.54, 1.807) is 97.0 Å². The number of rotatable bonds is 9. The van der Waals surface area contributed by atoms with Gasteiger partial charge >= 0.3 is 11.9 Å². The number of ketones is 2. The average Bonchev–Trinajstić information content (AvgIpc) is 3.67. The van der Waals surface area contributed by atoms with Crippen LogP contribution in [-0.2, 0) is 29.6 Å². The number of hydrogen-bond acceptors (Lipinski definition) is 12. The number of aliphatic hydroxyl groups is 1. The van der Waals surface area contributed by atoms with Gasteiger partial charge in [-0.1, -0.05) is 70.7 Å². The molecule has 2 aliphatic heterocycles. The quantitative estimate of drug-likeness (QED) is 0.0320. The number of nitrogens with two attached hydrogens (primary N) is 1. The highest BCUT2D eigenvalue weighted by Crippen LogP contribution is 2.39. The highest BCUT2D eigenvalue weighted by atomic mass is 35.5. The third kappa shape index (κ3) is 14.1. The minimum absolute atomic E-state index is 0.0941. The first-order chi connectivity index (χ1) is 30.7. The fraction of sp³-hybridized carbons (Fsp3) is 0.222. The Kier molecular flexibility index (Phi) is 20.8. The van der Waals surface area contributed by atoms with Crippen molar-refractivity contribution in [2.24, 2.45) is 11.8 Å². The summed E-state index contributed by atoms with van der Waals surface area (Å²) in [5, 5.41) is 13.6. The first kappa shape index (κ1) is 51.9. The Balaban J connectivity index is 0.000000230. The molecule has 2 aliphatic rings. The van der Waals surface area contributed by atoms with Crippen molar-refractivity contribution in [2.75, 3.05) is 43.0 Å². The molecule has 338 valence electrons. The van der Waals surface area contributed by atoms with Crippen molar-refractivity contribution in [3.63, 3.8) is 0 Å². The third-order valence-electron chi connectivity index (χ3n) is 8.87. The number of nitrogen functional groups attached to an aromatic ring is 1. The van der Waals surface area contributed by atoms with Crippen LogP contribution in [0.15, 0.2) is 90.5 Å². The Bertz CT molecular complexity index is 2510.